The Hall–Kier alpha value is -1.85. The molecule has 0 bridgehead atoms. The zero-order valence-electron chi connectivity index (χ0n) is 9.80. The molecule has 0 aliphatic rings. The van der Waals surface area contributed by atoms with Crippen LogP contribution in [-0.4, -0.2) is 34.7 Å². The van der Waals surface area contributed by atoms with Gasteiger partial charge in [0.1, 0.15) is 0 Å². The maximum absolute atomic E-state index is 11.3. The average Bonchev–Trinajstić information content (AvgIpc) is 2.21. The summed E-state index contributed by atoms with van der Waals surface area (Å²) in [6, 6.07) is 0. The second-order valence-corrected chi connectivity index (χ2v) is 4.00. The maximum atomic E-state index is 11.3. The van der Waals surface area contributed by atoms with Gasteiger partial charge in [0.15, 0.2) is 0 Å². The van der Waals surface area contributed by atoms with Gasteiger partial charge in [0.2, 0.25) is 0 Å². The summed E-state index contributed by atoms with van der Waals surface area (Å²) < 4.78 is 4.78. The number of carbonyl (C=O) groups excluding carboxylic acids is 1. The fourth-order valence-electron chi connectivity index (χ4n) is 0.994. The number of hydrogen-bond donors (Lipinski definition) is 2. The van der Waals surface area contributed by atoms with Crippen molar-refractivity contribution in [2.75, 3.05) is 6.61 Å². The van der Waals surface area contributed by atoms with Gasteiger partial charge in [0, 0.05) is 5.57 Å². The summed E-state index contributed by atoms with van der Waals surface area (Å²) in [6.07, 6.45) is -0.521. The van der Waals surface area contributed by atoms with Gasteiger partial charge in [-0.2, -0.15) is 0 Å². The van der Waals surface area contributed by atoms with Crippen LogP contribution in [0.2, 0.25) is 0 Å². The summed E-state index contributed by atoms with van der Waals surface area (Å²) in [5.74, 6) is -4.90. The Morgan fingerprint density at radius 2 is 1.76 bits per heavy atom. The lowest BCUT2D eigenvalue weighted by atomic mass is 9.97. The number of carboxylic acid groups (broad SMARTS) is 2. The van der Waals surface area contributed by atoms with Gasteiger partial charge in [0.05, 0.1) is 18.9 Å². The number of ether oxygens (including phenoxy) is 1. The predicted octanol–water partition coefficient (Wildman–Crippen LogP) is 0.917. The molecular formula is C11H16O6. The molecule has 6 heteroatoms. The highest BCUT2D eigenvalue weighted by Gasteiger charge is 2.28. The Morgan fingerprint density at radius 1 is 1.24 bits per heavy atom. The molecule has 1 atom stereocenters. The molecule has 96 valence electrons. The second kappa shape index (κ2) is 6.67. The SMILES string of the molecule is C=C(C(=O)O)C(CC(=O)OCC(C)C)C(=O)O. The van der Waals surface area contributed by atoms with Gasteiger partial charge >= 0.3 is 17.9 Å². The van der Waals surface area contributed by atoms with Crippen LogP contribution in [0.5, 0.6) is 0 Å². The number of carbonyl (C=O) groups is 3. The van der Waals surface area contributed by atoms with Crippen molar-refractivity contribution < 1.29 is 29.3 Å². The summed E-state index contributed by atoms with van der Waals surface area (Å²) in [5.41, 5.74) is -0.529. The van der Waals surface area contributed by atoms with Crippen LogP contribution >= 0.6 is 0 Å². The predicted molar refractivity (Wildman–Crippen MR) is 58.3 cm³/mol. The molecular weight excluding hydrogens is 228 g/mol. The number of esters is 1. The molecule has 6 nitrogen and oxygen atoms in total. The fraction of sp³-hybridized carbons (Fsp3) is 0.545. The third kappa shape index (κ3) is 5.70. The molecule has 0 aromatic heterocycles. The zero-order chi connectivity index (χ0) is 13.6. The lowest BCUT2D eigenvalue weighted by Crippen LogP contribution is -2.25. The molecule has 0 saturated carbocycles. The first-order valence-corrected chi connectivity index (χ1v) is 5.06. The van der Waals surface area contributed by atoms with E-state index >= 15 is 0 Å². The third-order valence-corrected chi connectivity index (χ3v) is 1.94. The number of rotatable bonds is 7. The van der Waals surface area contributed by atoms with E-state index in [4.69, 9.17) is 14.9 Å². The van der Waals surface area contributed by atoms with Crippen molar-refractivity contribution in [1.82, 2.24) is 0 Å². The summed E-state index contributed by atoms with van der Waals surface area (Å²) >= 11 is 0. The Morgan fingerprint density at radius 3 is 2.12 bits per heavy atom. The highest BCUT2D eigenvalue weighted by atomic mass is 16.5. The van der Waals surface area contributed by atoms with Crippen molar-refractivity contribution in [3.63, 3.8) is 0 Å². The topological polar surface area (TPSA) is 101 Å². The van der Waals surface area contributed by atoms with E-state index in [-0.39, 0.29) is 12.5 Å². The molecule has 0 fully saturated rings. The van der Waals surface area contributed by atoms with Crippen LogP contribution in [0.1, 0.15) is 20.3 Å². The molecule has 2 N–H and O–H groups in total. The van der Waals surface area contributed by atoms with Crippen LogP contribution in [0.25, 0.3) is 0 Å². The van der Waals surface area contributed by atoms with Gasteiger partial charge < -0.3 is 14.9 Å². The number of carboxylic acids is 2. The molecule has 1 unspecified atom stereocenters. The molecule has 0 radical (unpaired) electrons. The fourth-order valence-corrected chi connectivity index (χ4v) is 0.994. The molecule has 0 aliphatic carbocycles. The van der Waals surface area contributed by atoms with E-state index in [1.54, 1.807) is 0 Å². The van der Waals surface area contributed by atoms with E-state index in [9.17, 15) is 14.4 Å². The standard InChI is InChI=1S/C11H16O6/c1-6(2)5-17-9(12)4-8(11(15)16)7(3)10(13)14/h6,8H,3-5H2,1-2H3,(H,13,14)(H,15,16). The van der Waals surface area contributed by atoms with Gasteiger partial charge in [-0.25, -0.2) is 4.79 Å². The zero-order valence-corrected chi connectivity index (χ0v) is 9.80. The largest absolute Gasteiger partial charge is 0.481 e. The Bertz CT molecular complexity index is 331. The molecule has 17 heavy (non-hydrogen) atoms. The molecule has 0 heterocycles. The smallest absolute Gasteiger partial charge is 0.331 e. The monoisotopic (exact) mass is 244 g/mol. The van der Waals surface area contributed by atoms with Crippen molar-refractivity contribution >= 4 is 17.9 Å². The Labute approximate surface area is 98.9 Å². The lowest BCUT2D eigenvalue weighted by Gasteiger charge is -2.12. The third-order valence-electron chi connectivity index (χ3n) is 1.94. The molecule has 0 saturated heterocycles. The van der Waals surface area contributed by atoms with Crippen LogP contribution in [0.3, 0.4) is 0 Å². The van der Waals surface area contributed by atoms with Crippen LogP contribution in [0, 0.1) is 11.8 Å². The summed E-state index contributed by atoms with van der Waals surface area (Å²) in [4.78, 5) is 32.6. The first-order chi connectivity index (χ1) is 7.75. The summed E-state index contributed by atoms with van der Waals surface area (Å²) in [7, 11) is 0. The van der Waals surface area contributed by atoms with E-state index in [1.807, 2.05) is 13.8 Å². The maximum Gasteiger partial charge on any atom is 0.331 e. The van der Waals surface area contributed by atoms with Crippen molar-refractivity contribution in [3.05, 3.63) is 12.2 Å². The van der Waals surface area contributed by atoms with E-state index in [0.29, 0.717) is 0 Å². The van der Waals surface area contributed by atoms with Gasteiger partial charge in [0.25, 0.3) is 0 Å². The van der Waals surface area contributed by atoms with Crippen LogP contribution in [0.15, 0.2) is 12.2 Å². The Kier molecular flexibility index (Phi) is 5.95. The first kappa shape index (κ1) is 15.2. The minimum atomic E-state index is -1.45. The normalized spacial score (nSPS) is 11.9. The number of hydrogen-bond acceptors (Lipinski definition) is 4. The van der Waals surface area contributed by atoms with Gasteiger partial charge in [-0.05, 0) is 5.92 Å². The van der Waals surface area contributed by atoms with E-state index in [0.717, 1.165) is 0 Å². The van der Waals surface area contributed by atoms with E-state index in [2.05, 4.69) is 6.58 Å². The molecule has 0 aromatic carbocycles. The summed E-state index contributed by atoms with van der Waals surface area (Å²) in [5, 5.41) is 17.4. The average molecular weight is 244 g/mol. The highest BCUT2D eigenvalue weighted by Crippen LogP contribution is 2.15. The van der Waals surface area contributed by atoms with Crippen molar-refractivity contribution in [1.29, 1.82) is 0 Å². The van der Waals surface area contributed by atoms with Crippen LogP contribution in [0.4, 0.5) is 0 Å². The molecule has 0 amide bonds. The van der Waals surface area contributed by atoms with Gasteiger partial charge in [-0.3, -0.25) is 9.59 Å². The highest BCUT2D eigenvalue weighted by molar-refractivity contribution is 5.95. The lowest BCUT2D eigenvalue weighted by molar-refractivity contribution is -0.152. The first-order valence-electron chi connectivity index (χ1n) is 5.06. The molecule has 0 aromatic rings. The van der Waals surface area contributed by atoms with E-state index in [1.165, 1.54) is 0 Å². The van der Waals surface area contributed by atoms with Gasteiger partial charge in [-0.15, -0.1) is 0 Å². The molecule has 0 aliphatic heterocycles. The van der Waals surface area contributed by atoms with Crippen LogP contribution < -0.4 is 0 Å². The second-order valence-electron chi connectivity index (χ2n) is 4.00. The van der Waals surface area contributed by atoms with Gasteiger partial charge in [-0.1, -0.05) is 20.4 Å². The molecule has 0 spiro atoms. The van der Waals surface area contributed by atoms with Crippen molar-refractivity contribution in [2.45, 2.75) is 20.3 Å². The minimum Gasteiger partial charge on any atom is -0.481 e. The molecule has 0 rings (SSSR count). The van der Waals surface area contributed by atoms with Crippen molar-refractivity contribution in [2.24, 2.45) is 11.8 Å². The summed E-state index contributed by atoms with van der Waals surface area (Å²) in [6.45, 7) is 6.97. The Balaban J connectivity index is 4.46. The van der Waals surface area contributed by atoms with Crippen LogP contribution in [-0.2, 0) is 19.1 Å². The number of aliphatic carboxylic acids is 2. The van der Waals surface area contributed by atoms with E-state index < -0.39 is 35.8 Å². The van der Waals surface area contributed by atoms with Crippen molar-refractivity contribution in [3.8, 4) is 0 Å². The quantitative estimate of drug-likeness (QED) is 0.510. The minimum absolute atomic E-state index is 0.130.